The van der Waals surface area contributed by atoms with E-state index < -0.39 is 8.32 Å². The van der Waals surface area contributed by atoms with Crippen LogP contribution in [0.15, 0.2) is 12.7 Å². The van der Waals surface area contributed by atoms with Crippen molar-refractivity contribution >= 4 is 20.5 Å². The van der Waals surface area contributed by atoms with Gasteiger partial charge in [0.2, 0.25) is 0 Å². The average molecular weight is 404 g/mol. The van der Waals surface area contributed by atoms with Crippen LogP contribution in [0.2, 0.25) is 18.1 Å². The zero-order chi connectivity index (χ0) is 21.9. The molecule has 0 aromatic heterocycles. The number of rotatable bonds is 8. The highest BCUT2D eigenvalue weighted by Gasteiger charge is 2.41. The number of allylic oxidation sites excluding steroid dienone is 1. The fraction of sp³-hybridized carbons (Fsp3) is 0.565. The monoisotopic (exact) mass is 403 g/mol. The second-order valence-corrected chi connectivity index (χ2v) is 13.5. The Morgan fingerprint density at radius 1 is 1.14 bits per heavy atom. The van der Waals surface area contributed by atoms with E-state index >= 15 is 0 Å². The number of hydrogen-bond acceptors (Lipinski definition) is 3. The SMILES string of the molecule is C=CCc1c(C)c(C)c(C=O)c(C(=O)N(CC)CC)c1O[Si](C)(C)C(C)(C)C. The number of carbonyl (C=O) groups excluding carboxylic acids is 2. The largest absolute Gasteiger partial charge is 0.543 e. The van der Waals surface area contributed by atoms with E-state index in [0.717, 1.165) is 23.0 Å². The first-order valence-corrected chi connectivity index (χ1v) is 13.0. The Morgan fingerprint density at radius 2 is 1.68 bits per heavy atom. The molecule has 0 bridgehead atoms. The van der Waals surface area contributed by atoms with Crippen molar-refractivity contribution in [2.24, 2.45) is 0 Å². The van der Waals surface area contributed by atoms with Crippen LogP contribution in [0.25, 0.3) is 0 Å². The summed E-state index contributed by atoms with van der Waals surface area (Å²) in [6.07, 6.45) is 3.22. The zero-order valence-electron chi connectivity index (χ0n) is 19.2. The second kappa shape index (κ2) is 9.08. The number of amides is 1. The fourth-order valence-electron chi connectivity index (χ4n) is 3.00. The molecule has 0 spiro atoms. The Bertz CT molecular complexity index is 756. The van der Waals surface area contributed by atoms with Crippen molar-refractivity contribution in [2.75, 3.05) is 13.1 Å². The molecule has 0 saturated carbocycles. The molecule has 1 amide bonds. The number of hydrogen-bond donors (Lipinski definition) is 0. The van der Waals surface area contributed by atoms with Gasteiger partial charge in [-0.3, -0.25) is 9.59 Å². The van der Waals surface area contributed by atoms with Crippen molar-refractivity contribution in [1.29, 1.82) is 0 Å². The maximum absolute atomic E-state index is 13.4. The zero-order valence-corrected chi connectivity index (χ0v) is 20.2. The van der Waals surface area contributed by atoms with Crippen LogP contribution in [-0.2, 0) is 6.42 Å². The van der Waals surface area contributed by atoms with E-state index in [1.54, 1.807) is 4.90 Å². The highest BCUT2D eigenvalue weighted by Crippen LogP contribution is 2.42. The van der Waals surface area contributed by atoms with Gasteiger partial charge in [-0.1, -0.05) is 26.8 Å². The molecule has 0 atom stereocenters. The maximum Gasteiger partial charge on any atom is 0.258 e. The predicted molar refractivity (Wildman–Crippen MR) is 120 cm³/mol. The van der Waals surface area contributed by atoms with Gasteiger partial charge in [0, 0.05) is 24.2 Å². The summed E-state index contributed by atoms with van der Waals surface area (Å²) in [5, 5.41) is -0.0336. The molecule has 0 radical (unpaired) electrons. The van der Waals surface area contributed by atoms with Crippen LogP contribution in [-0.4, -0.2) is 38.5 Å². The Balaban J connectivity index is 3.95. The van der Waals surface area contributed by atoms with Gasteiger partial charge < -0.3 is 9.33 Å². The molecular formula is C23H37NO3Si. The van der Waals surface area contributed by atoms with Gasteiger partial charge in [-0.2, -0.15) is 0 Å². The highest BCUT2D eigenvalue weighted by atomic mass is 28.4. The number of nitrogens with zero attached hydrogens (tertiary/aromatic N) is 1. The lowest BCUT2D eigenvalue weighted by molar-refractivity contribution is 0.0767. The lowest BCUT2D eigenvalue weighted by Crippen LogP contribution is -2.45. The molecule has 0 aliphatic heterocycles. The van der Waals surface area contributed by atoms with Crippen molar-refractivity contribution in [2.45, 2.75) is 73.0 Å². The molecule has 0 N–H and O–H groups in total. The van der Waals surface area contributed by atoms with Gasteiger partial charge in [-0.05, 0) is 63.4 Å². The van der Waals surface area contributed by atoms with Crippen molar-refractivity contribution in [1.82, 2.24) is 4.90 Å². The molecule has 1 rings (SSSR count). The maximum atomic E-state index is 13.4. The lowest BCUT2D eigenvalue weighted by atomic mass is 9.90. The minimum absolute atomic E-state index is 0.0336. The molecule has 0 heterocycles. The van der Waals surface area contributed by atoms with Crippen LogP contribution >= 0.6 is 0 Å². The van der Waals surface area contributed by atoms with Gasteiger partial charge in [-0.15, -0.1) is 6.58 Å². The number of benzene rings is 1. The topological polar surface area (TPSA) is 46.6 Å². The molecule has 0 saturated heterocycles. The summed E-state index contributed by atoms with van der Waals surface area (Å²) in [6.45, 7) is 23.7. The second-order valence-electron chi connectivity index (χ2n) is 8.80. The number of aldehydes is 1. The van der Waals surface area contributed by atoms with Crippen LogP contribution in [0.3, 0.4) is 0 Å². The van der Waals surface area contributed by atoms with Crippen LogP contribution < -0.4 is 4.43 Å². The van der Waals surface area contributed by atoms with Gasteiger partial charge in [0.25, 0.3) is 14.2 Å². The lowest BCUT2D eigenvalue weighted by Gasteiger charge is -2.38. The van der Waals surface area contributed by atoms with Crippen molar-refractivity contribution in [3.05, 3.63) is 40.5 Å². The summed E-state index contributed by atoms with van der Waals surface area (Å²) in [7, 11) is -2.24. The molecule has 0 aliphatic rings. The molecule has 0 unspecified atom stereocenters. The molecule has 156 valence electrons. The summed E-state index contributed by atoms with van der Waals surface area (Å²) in [4.78, 5) is 27.2. The van der Waals surface area contributed by atoms with Gasteiger partial charge in [-0.25, -0.2) is 0 Å². The smallest absolute Gasteiger partial charge is 0.258 e. The van der Waals surface area contributed by atoms with E-state index in [4.69, 9.17) is 4.43 Å². The van der Waals surface area contributed by atoms with Crippen LogP contribution in [0.5, 0.6) is 5.75 Å². The van der Waals surface area contributed by atoms with Crippen molar-refractivity contribution in [3.8, 4) is 5.75 Å². The molecule has 1 aromatic carbocycles. The van der Waals surface area contributed by atoms with Gasteiger partial charge in [0.1, 0.15) is 5.75 Å². The highest BCUT2D eigenvalue weighted by molar-refractivity contribution is 6.74. The Morgan fingerprint density at radius 3 is 2.07 bits per heavy atom. The third kappa shape index (κ3) is 4.57. The van der Waals surface area contributed by atoms with E-state index in [1.165, 1.54) is 0 Å². The summed E-state index contributed by atoms with van der Waals surface area (Å²) in [5.74, 6) is 0.433. The van der Waals surface area contributed by atoms with Crippen LogP contribution in [0.4, 0.5) is 0 Å². The molecule has 1 aromatic rings. The van der Waals surface area contributed by atoms with E-state index in [1.807, 2.05) is 33.8 Å². The molecule has 28 heavy (non-hydrogen) atoms. The molecular weight excluding hydrogens is 366 g/mol. The first-order chi connectivity index (χ1) is 12.9. The summed E-state index contributed by atoms with van der Waals surface area (Å²) < 4.78 is 6.70. The van der Waals surface area contributed by atoms with Crippen LogP contribution in [0, 0.1) is 13.8 Å². The Labute approximate surface area is 172 Å². The van der Waals surface area contributed by atoms with Crippen molar-refractivity contribution in [3.63, 3.8) is 0 Å². The van der Waals surface area contributed by atoms with E-state index in [2.05, 4.69) is 40.4 Å². The standard InChI is InChI=1S/C23H37NO3Si/c1-11-14-18-16(4)17(5)19(15-25)20(22(26)24(12-2)13-3)21(18)27-28(9,10)23(6,7)8/h11,15H,1,12-14H2,2-10H3. The Kier molecular flexibility index (Phi) is 7.83. The summed E-state index contributed by atoms with van der Waals surface area (Å²) in [6, 6.07) is 0. The van der Waals surface area contributed by atoms with E-state index in [-0.39, 0.29) is 10.9 Å². The first-order valence-electron chi connectivity index (χ1n) is 10.1. The normalized spacial score (nSPS) is 11.9. The van der Waals surface area contributed by atoms with Crippen LogP contribution in [0.1, 0.15) is 72.0 Å². The fourth-order valence-corrected chi connectivity index (χ4v) is 4.04. The van der Waals surface area contributed by atoms with Gasteiger partial charge in [0.15, 0.2) is 6.29 Å². The summed E-state index contributed by atoms with van der Waals surface area (Å²) in [5.41, 5.74) is 3.63. The van der Waals surface area contributed by atoms with Gasteiger partial charge in [0.05, 0.1) is 5.56 Å². The Hall–Kier alpha value is -1.88. The van der Waals surface area contributed by atoms with E-state index in [9.17, 15) is 9.59 Å². The average Bonchev–Trinajstić information content (AvgIpc) is 2.60. The summed E-state index contributed by atoms with van der Waals surface area (Å²) >= 11 is 0. The van der Waals surface area contributed by atoms with E-state index in [0.29, 0.717) is 36.4 Å². The van der Waals surface area contributed by atoms with Crippen molar-refractivity contribution < 1.29 is 14.0 Å². The quantitative estimate of drug-likeness (QED) is 0.317. The predicted octanol–water partition coefficient (Wildman–Crippen LogP) is 5.71. The first kappa shape index (κ1) is 24.2. The molecule has 5 heteroatoms. The van der Waals surface area contributed by atoms with Gasteiger partial charge >= 0.3 is 0 Å². The minimum Gasteiger partial charge on any atom is -0.543 e. The molecule has 0 aliphatic carbocycles. The third-order valence-corrected chi connectivity index (χ3v) is 10.4. The molecule has 0 fully saturated rings. The molecule has 4 nitrogen and oxygen atoms in total. The third-order valence-electron chi connectivity index (χ3n) is 6.08. The minimum atomic E-state index is -2.24. The number of carbonyl (C=O) groups is 2.